The lowest BCUT2D eigenvalue weighted by atomic mass is 9.75. The maximum absolute atomic E-state index is 5.03. The number of fused-ring (bicyclic) bond motifs is 5. The summed E-state index contributed by atoms with van der Waals surface area (Å²) in [6.45, 7) is 9.30. The van der Waals surface area contributed by atoms with Gasteiger partial charge in [0.15, 0.2) is 0 Å². The predicted molar refractivity (Wildman–Crippen MR) is 137 cm³/mol. The van der Waals surface area contributed by atoms with Crippen molar-refractivity contribution >= 4 is 62.5 Å². The lowest BCUT2D eigenvalue weighted by Crippen LogP contribution is -2.15. The van der Waals surface area contributed by atoms with Crippen LogP contribution in [0.4, 0.5) is 0 Å². The summed E-state index contributed by atoms with van der Waals surface area (Å²) in [6, 6.07) is 13.9. The fraction of sp³-hybridized carbons (Fsp3) is 0.364. The smallest absolute Gasteiger partial charge is 0.284 e. The van der Waals surface area contributed by atoms with Crippen molar-refractivity contribution in [2.75, 3.05) is 0 Å². The van der Waals surface area contributed by atoms with Crippen molar-refractivity contribution in [3.8, 4) is 0 Å². The van der Waals surface area contributed by atoms with Crippen molar-refractivity contribution < 1.29 is 12.3 Å². The van der Waals surface area contributed by atoms with E-state index < -0.39 is 20.0 Å². The standard InChI is InChI=1S/C22H24.H10O3Si4/c1-13-10-15(3)17-8-9-19-18-7-5-6-14(2)20(18)12-16(4)22(19)21(17)11-13;4-1-6-3-7-2-5/h5-9,12-13,15H,10-11H2,1-4H3;6-7H2,4-5H3. The molecule has 156 valence electrons. The normalized spacial score (nSPS) is 19.4. The van der Waals surface area contributed by atoms with E-state index in [0.717, 1.165) is 26.9 Å². The minimum atomic E-state index is -0.569. The fourth-order valence-electron chi connectivity index (χ4n) is 4.78. The van der Waals surface area contributed by atoms with Crippen LogP contribution in [0, 0.1) is 19.8 Å². The van der Waals surface area contributed by atoms with Gasteiger partial charge in [-0.25, -0.2) is 0 Å². The first-order valence-corrected chi connectivity index (χ1v) is 14.4. The van der Waals surface area contributed by atoms with E-state index in [9.17, 15) is 0 Å². The highest BCUT2D eigenvalue weighted by molar-refractivity contribution is 6.40. The van der Waals surface area contributed by atoms with Crippen LogP contribution in [0.3, 0.4) is 0 Å². The van der Waals surface area contributed by atoms with Crippen LogP contribution in [0.2, 0.25) is 0 Å². The fourth-order valence-corrected chi connectivity index (χ4v) is 9.38. The third-order valence-electron chi connectivity index (χ3n) is 5.96. The van der Waals surface area contributed by atoms with Crippen LogP contribution in [0.15, 0.2) is 36.4 Å². The molecule has 4 rings (SSSR count). The van der Waals surface area contributed by atoms with Gasteiger partial charge in [0.2, 0.25) is 0 Å². The number of rotatable bonds is 4. The molecule has 3 aromatic carbocycles. The van der Waals surface area contributed by atoms with E-state index in [1.807, 2.05) is 0 Å². The van der Waals surface area contributed by atoms with Gasteiger partial charge in [-0.2, -0.15) is 0 Å². The van der Waals surface area contributed by atoms with E-state index in [4.69, 9.17) is 12.3 Å². The Bertz CT molecular complexity index is 989. The molecular weight excluding hydrogens is 425 g/mol. The van der Waals surface area contributed by atoms with Crippen molar-refractivity contribution in [1.82, 2.24) is 0 Å². The quantitative estimate of drug-likeness (QED) is 0.339. The molecule has 0 spiro atoms. The molecule has 3 aromatic rings. The zero-order valence-corrected chi connectivity index (χ0v) is 25.5. The van der Waals surface area contributed by atoms with Crippen LogP contribution in [0.1, 0.15) is 48.4 Å². The molecule has 7 heteroatoms. The molecule has 2 unspecified atom stereocenters. The highest BCUT2D eigenvalue weighted by Crippen LogP contribution is 2.41. The van der Waals surface area contributed by atoms with E-state index in [1.54, 1.807) is 11.1 Å². The SMILES string of the molecule is Cc1cccc2c1cc(C)c1c3c(ccc12)C(C)CC(C)C3.[SiH3]O[SiH2]O[SiH2]O[SiH3]. The number of benzene rings is 3. The van der Waals surface area contributed by atoms with Crippen LogP contribution in [0.25, 0.3) is 21.5 Å². The van der Waals surface area contributed by atoms with Crippen LogP contribution >= 0.6 is 0 Å². The van der Waals surface area contributed by atoms with Gasteiger partial charge >= 0.3 is 0 Å². The van der Waals surface area contributed by atoms with Crippen LogP contribution in [0.5, 0.6) is 0 Å². The van der Waals surface area contributed by atoms with Gasteiger partial charge in [0.25, 0.3) is 20.0 Å². The highest BCUT2D eigenvalue weighted by atomic mass is 28.4. The van der Waals surface area contributed by atoms with Gasteiger partial charge in [-0.15, -0.1) is 0 Å². The Morgan fingerprint density at radius 3 is 2.31 bits per heavy atom. The van der Waals surface area contributed by atoms with Gasteiger partial charge in [0.1, 0.15) is 21.0 Å². The Hall–Kier alpha value is -1.07. The summed E-state index contributed by atoms with van der Waals surface area (Å²) in [7, 11) is 0.504. The van der Waals surface area contributed by atoms with E-state index in [-0.39, 0.29) is 0 Å². The summed E-state index contributed by atoms with van der Waals surface area (Å²) in [4.78, 5) is 0. The second kappa shape index (κ2) is 10.3. The largest absolute Gasteiger partial charge is 0.449 e. The molecule has 0 radical (unpaired) electrons. The minimum absolute atomic E-state index is 0.569. The first-order valence-electron chi connectivity index (χ1n) is 10.5. The number of aryl methyl sites for hydroxylation is 2. The van der Waals surface area contributed by atoms with Gasteiger partial charge in [-0.05, 0) is 82.3 Å². The van der Waals surface area contributed by atoms with E-state index in [2.05, 4.69) is 64.1 Å². The molecule has 0 aliphatic heterocycles. The Morgan fingerprint density at radius 1 is 0.897 bits per heavy atom. The highest BCUT2D eigenvalue weighted by Gasteiger charge is 2.24. The minimum Gasteiger partial charge on any atom is -0.449 e. The molecule has 0 aromatic heterocycles. The summed E-state index contributed by atoms with van der Waals surface area (Å²) >= 11 is 0. The predicted octanol–water partition coefficient (Wildman–Crippen LogP) is 1.89. The molecule has 3 nitrogen and oxygen atoms in total. The maximum atomic E-state index is 5.03. The Labute approximate surface area is 185 Å². The van der Waals surface area contributed by atoms with E-state index >= 15 is 0 Å². The van der Waals surface area contributed by atoms with Gasteiger partial charge in [0, 0.05) is 0 Å². The average molecular weight is 459 g/mol. The molecule has 0 N–H and O–H groups in total. The number of hydrogen-bond acceptors (Lipinski definition) is 3. The number of hydrogen-bond donors (Lipinski definition) is 0. The molecule has 0 bridgehead atoms. The molecule has 0 fully saturated rings. The Morgan fingerprint density at radius 2 is 1.62 bits per heavy atom. The lowest BCUT2D eigenvalue weighted by Gasteiger charge is -2.29. The van der Waals surface area contributed by atoms with Gasteiger partial charge in [-0.3, -0.25) is 0 Å². The molecule has 0 saturated heterocycles. The second-order valence-corrected chi connectivity index (χ2v) is 15.1. The molecule has 2 atom stereocenters. The molecule has 0 heterocycles. The topological polar surface area (TPSA) is 27.7 Å². The molecule has 1 aliphatic carbocycles. The monoisotopic (exact) mass is 458 g/mol. The molecule has 29 heavy (non-hydrogen) atoms. The average Bonchev–Trinajstić information content (AvgIpc) is 2.69. The molecular formula is C22H34O3Si4. The van der Waals surface area contributed by atoms with Crippen molar-refractivity contribution in [1.29, 1.82) is 0 Å². The third kappa shape index (κ3) is 4.99. The van der Waals surface area contributed by atoms with Gasteiger partial charge in [-0.1, -0.05) is 50.2 Å². The first kappa shape index (κ1) is 22.6. The Kier molecular flexibility index (Phi) is 8.03. The van der Waals surface area contributed by atoms with Crippen molar-refractivity contribution in [2.45, 2.75) is 46.5 Å². The lowest BCUT2D eigenvalue weighted by molar-refractivity contribution is 0.443. The van der Waals surface area contributed by atoms with Crippen molar-refractivity contribution in [2.24, 2.45) is 5.92 Å². The zero-order chi connectivity index (χ0) is 21.0. The van der Waals surface area contributed by atoms with Gasteiger partial charge in [0.05, 0.1) is 0 Å². The summed E-state index contributed by atoms with van der Waals surface area (Å²) in [5.74, 6) is 1.48. The van der Waals surface area contributed by atoms with Crippen molar-refractivity contribution in [3.63, 3.8) is 0 Å². The summed E-state index contributed by atoms with van der Waals surface area (Å²) in [6.07, 6.45) is 2.55. The van der Waals surface area contributed by atoms with Crippen LogP contribution in [-0.4, -0.2) is 41.0 Å². The first-order chi connectivity index (χ1) is 14.0. The molecule has 0 saturated carbocycles. The molecule has 0 amide bonds. The Balaban J connectivity index is 0.000000298. The summed E-state index contributed by atoms with van der Waals surface area (Å²) < 4.78 is 14.8. The third-order valence-corrected chi connectivity index (χ3v) is 9.18. The summed E-state index contributed by atoms with van der Waals surface area (Å²) in [5.41, 5.74) is 6.02. The van der Waals surface area contributed by atoms with Crippen LogP contribution in [-0.2, 0) is 18.8 Å². The molecule has 1 aliphatic rings. The van der Waals surface area contributed by atoms with Crippen LogP contribution < -0.4 is 0 Å². The van der Waals surface area contributed by atoms with Crippen molar-refractivity contribution in [3.05, 3.63) is 58.7 Å². The maximum Gasteiger partial charge on any atom is 0.284 e. The van der Waals surface area contributed by atoms with E-state index in [0.29, 0.717) is 5.92 Å². The zero-order valence-electron chi connectivity index (χ0n) is 18.7. The second-order valence-electron chi connectivity index (χ2n) is 8.38. The van der Waals surface area contributed by atoms with Gasteiger partial charge < -0.3 is 12.3 Å². The van der Waals surface area contributed by atoms with E-state index in [1.165, 1.54) is 45.5 Å². The summed E-state index contributed by atoms with van der Waals surface area (Å²) in [5, 5.41) is 5.78.